The summed E-state index contributed by atoms with van der Waals surface area (Å²) in [5, 5.41) is 0.935. The first kappa shape index (κ1) is 18.6. The number of likely N-dealkylation sites (tertiary alicyclic amines) is 1. The molecule has 1 aliphatic carbocycles. The summed E-state index contributed by atoms with van der Waals surface area (Å²) in [6.45, 7) is 7.83. The van der Waals surface area contributed by atoms with Gasteiger partial charge in [0.2, 0.25) is 0 Å². The van der Waals surface area contributed by atoms with E-state index in [2.05, 4.69) is 43.1 Å². The lowest BCUT2D eigenvalue weighted by Gasteiger charge is -2.27. The van der Waals surface area contributed by atoms with Crippen molar-refractivity contribution in [3.8, 4) is 10.4 Å². The molecule has 1 aromatic heterocycles. The molecule has 144 valence electrons. The van der Waals surface area contributed by atoms with E-state index in [9.17, 15) is 4.79 Å². The fourth-order valence-electron chi connectivity index (χ4n) is 5.08. The molecule has 1 aliphatic heterocycles. The number of benzene rings is 1. The molecule has 2 aliphatic rings. The molecule has 4 atom stereocenters. The Morgan fingerprint density at radius 2 is 2.04 bits per heavy atom. The number of amides is 1. The Morgan fingerprint density at radius 3 is 2.70 bits per heavy atom. The van der Waals surface area contributed by atoms with E-state index >= 15 is 0 Å². The first-order valence-electron chi connectivity index (χ1n) is 10.1. The third-order valence-electron chi connectivity index (χ3n) is 6.37. The van der Waals surface area contributed by atoms with Crippen LogP contribution in [0.15, 0.2) is 24.3 Å². The minimum Gasteiger partial charge on any atom is -0.332 e. The smallest absolute Gasteiger partial charge is 0.274 e. The van der Waals surface area contributed by atoms with Crippen molar-refractivity contribution in [3.05, 3.63) is 40.5 Å². The van der Waals surface area contributed by atoms with Gasteiger partial charge in [-0.1, -0.05) is 38.1 Å². The van der Waals surface area contributed by atoms with Crippen LogP contribution in [0.3, 0.4) is 0 Å². The number of carbonyl (C=O) groups is 1. The Morgan fingerprint density at radius 1 is 1.30 bits per heavy atom. The van der Waals surface area contributed by atoms with Gasteiger partial charge in [-0.25, -0.2) is 4.98 Å². The molecule has 2 fully saturated rings. The lowest BCUT2D eigenvalue weighted by molar-refractivity contribution is 0.0710. The maximum atomic E-state index is 13.5. The van der Waals surface area contributed by atoms with Crippen LogP contribution in [0.4, 0.5) is 0 Å². The monoisotopic (exact) mass is 383 g/mol. The van der Waals surface area contributed by atoms with Gasteiger partial charge in [0.1, 0.15) is 5.69 Å². The van der Waals surface area contributed by atoms with E-state index in [1.807, 2.05) is 11.8 Å². The minimum absolute atomic E-state index is 0.0615. The van der Waals surface area contributed by atoms with Gasteiger partial charge in [0, 0.05) is 19.1 Å². The quantitative estimate of drug-likeness (QED) is 0.864. The average Bonchev–Trinajstić information content (AvgIpc) is 3.32. The molecule has 1 saturated carbocycles. The highest BCUT2D eigenvalue weighted by atomic mass is 32.1. The standard InChI is InChI=1S/C22H29N3OS/c1-4-15-5-7-16(8-6-15)21-20(24-14(3)27-21)22(26)25-12-17-9-13(2)10-18(17)19(25)11-23/h5-8,13,17-19H,4,9-12,23H2,1-3H3/t13?,17-,18-,19+/m0/s1. The Balaban J connectivity index is 1.64. The first-order chi connectivity index (χ1) is 13.0. The fourth-order valence-corrected chi connectivity index (χ4v) is 5.99. The molecule has 0 spiro atoms. The molecule has 1 unspecified atom stereocenters. The molecule has 1 amide bonds. The average molecular weight is 384 g/mol. The highest BCUT2D eigenvalue weighted by Crippen LogP contribution is 2.45. The van der Waals surface area contributed by atoms with Gasteiger partial charge >= 0.3 is 0 Å². The third kappa shape index (κ3) is 3.32. The largest absolute Gasteiger partial charge is 0.332 e. The van der Waals surface area contributed by atoms with Crippen LogP contribution in [-0.4, -0.2) is 34.9 Å². The van der Waals surface area contributed by atoms with Crippen LogP contribution < -0.4 is 5.73 Å². The van der Waals surface area contributed by atoms with Gasteiger partial charge in [-0.15, -0.1) is 11.3 Å². The lowest BCUT2D eigenvalue weighted by atomic mass is 9.94. The van der Waals surface area contributed by atoms with Crippen LogP contribution in [0, 0.1) is 24.7 Å². The van der Waals surface area contributed by atoms with E-state index < -0.39 is 0 Å². The number of hydrogen-bond acceptors (Lipinski definition) is 4. The molecule has 0 bridgehead atoms. The molecule has 0 radical (unpaired) electrons. The van der Waals surface area contributed by atoms with Crippen LogP contribution in [0.2, 0.25) is 0 Å². The number of hydrogen-bond donors (Lipinski definition) is 1. The summed E-state index contributed by atoms with van der Waals surface area (Å²) in [5.41, 5.74) is 9.11. The number of rotatable bonds is 4. The maximum absolute atomic E-state index is 13.5. The molecule has 2 aromatic rings. The van der Waals surface area contributed by atoms with E-state index in [4.69, 9.17) is 5.73 Å². The minimum atomic E-state index is 0.0615. The van der Waals surface area contributed by atoms with E-state index in [0.29, 0.717) is 24.1 Å². The molecule has 27 heavy (non-hydrogen) atoms. The van der Waals surface area contributed by atoms with E-state index in [0.717, 1.165) is 34.3 Å². The first-order valence-corrected chi connectivity index (χ1v) is 10.9. The Kier molecular flexibility index (Phi) is 5.08. The molecule has 5 heteroatoms. The Hall–Kier alpha value is -1.72. The summed E-state index contributed by atoms with van der Waals surface area (Å²) in [6, 6.07) is 8.67. The molecule has 1 aromatic carbocycles. The van der Waals surface area contributed by atoms with Gasteiger partial charge in [0.15, 0.2) is 0 Å². The Bertz CT molecular complexity index is 829. The third-order valence-corrected chi connectivity index (χ3v) is 7.39. The summed E-state index contributed by atoms with van der Waals surface area (Å²) < 4.78 is 0. The zero-order chi connectivity index (χ0) is 19.1. The molecule has 2 N–H and O–H groups in total. The second-order valence-corrected chi connectivity index (χ2v) is 9.43. The van der Waals surface area contributed by atoms with Gasteiger partial charge < -0.3 is 10.6 Å². The lowest BCUT2D eigenvalue weighted by Crippen LogP contribution is -2.43. The van der Waals surface area contributed by atoms with Crippen molar-refractivity contribution in [3.63, 3.8) is 0 Å². The predicted octanol–water partition coefficient (Wildman–Crippen LogP) is 4.13. The summed E-state index contributed by atoms with van der Waals surface area (Å²) in [5.74, 6) is 1.97. The molecular formula is C22H29N3OS. The van der Waals surface area contributed by atoms with Crippen molar-refractivity contribution < 1.29 is 4.79 Å². The maximum Gasteiger partial charge on any atom is 0.274 e. The van der Waals surface area contributed by atoms with Crippen molar-refractivity contribution in [2.45, 2.75) is 46.1 Å². The van der Waals surface area contributed by atoms with E-state index in [1.165, 1.54) is 18.4 Å². The van der Waals surface area contributed by atoms with Crippen LogP contribution in [-0.2, 0) is 6.42 Å². The SMILES string of the molecule is CCc1ccc(-c2sc(C)nc2C(=O)N2C[C@@H]3CC(C)C[C@@H]3[C@H]2CN)cc1. The van der Waals surface area contributed by atoms with Gasteiger partial charge in [-0.3, -0.25) is 4.79 Å². The van der Waals surface area contributed by atoms with Crippen LogP contribution in [0.25, 0.3) is 10.4 Å². The molecule has 2 heterocycles. The summed E-state index contributed by atoms with van der Waals surface area (Å²) in [7, 11) is 0. The normalized spacial score (nSPS) is 27.2. The fraction of sp³-hybridized carbons (Fsp3) is 0.545. The van der Waals surface area contributed by atoms with Crippen LogP contribution in [0.1, 0.15) is 47.7 Å². The zero-order valence-corrected chi connectivity index (χ0v) is 17.3. The number of aromatic nitrogens is 1. The summed E-state index contributed by atoms with van der Waals surface area (Å²) >= 11 is 1.61. The van der Waals surface area contributed by atoms with Gasteiger partial charge in [0.25, 0.3) is 5.91 Å². The highest BCUT2D eigenvalue weighted by molar-refractivity contribution is 7.15. The van der Waals surface area contributed by atoms with Crippen molar-refractivity contribution in [2.24, 2.45) is 23.5 Å². The van der Waals surface area contributed by atoms with Crippen LogP contribution >= 0.6 is 11.3 Å². The van der Waals surface area contributed by atoms with E-state index in [-0.39, 0.29) is 11.9 Å². The second kappa shape index (κ2) is 7.36. The Labute approximate surface area is 165 Å². The van der Waals surface area contributed by atoms with Crippen molar-refractivity contribution in [1.29, 1.82) is 0 Å². The topological polar surface area (TPSA) is 59.2 Å². The van der Waals surface area contributed by atoms with Crippen LogP contribution in [0.5, 0.6) is 0 Å². The number of carbonyl (C=O) groups excluding carboxylic acids is 1. The van der Waals surface area contributed by atoms with Crippen molar-refractivity contribution >= 4 is 17.2 Å². The molecule has 1 saturated heterocycles. The van der Waals surface area contributed by atoms with Crippen molar-refractivity contribution in [1.82, 2.24) is 9.88 Å². The molecule has 4 rings (SSSR count). The number of aryl methyl sites for hydroxylation is 2. The number of thiazole rings is 1. The number of nitrogens with zero attached hydrogens (tertiary/aromatic N) is 2. The van der Waals surface area contributed by atoms with Gasteiger partial charge in [-0.05, 0) is 55.1 Å². The van der Waals surface area contributed by atoms with Crippen molar-refractivity contribution in [2.75, 3.05) is 13.1 Å². The second-order valence-electron chi connectivity index (χ2n) is 8.22. The molecule has 4 nitrogen and oxygen atoms in total. The van der Waals surface area contributed by atoms with Gasteiger partial charge in [-0.2, -0.15) is 0 Å². The van der Waals surface area contributed by atoms with Gasteiger partial charge in [0.05, 0.1) is 9.88 Å². The molecular weight excluding hydrogens is 354 g/mol. The highest BCUT2D eigenvalue weighted by Gasteiger charge is 2.48. The number of nitrogens with two attached hydrogens (primary N) is 1. The zero-order valence-electron chi connectivity index (χ0n) is 16.4. The predicted molar refractivity (Wildman–Crippen MR) is 111 cm³/mol. The van der Waals surface area contributed by atoms with E-state index in [1.54, 1.807) is 11.3 Å². The number of fused-ring (bicyclic) bond motifs is 1. The summed E-state index contributed by atoms with van der Waals surface area (Å²) in [4.78, 5) is 21.1. The summed E-state index contributed by atoms with van der Waals surface area (Å²) in [6.07, 6.45) is 3.42.